The van der Waals surface area contributed by atoms with Crippen LogP contribution >= 0.6 is 0 Å². The normalized spacial score (nSPS) is 17.2. The maximum Gasteiger partial charge on any atom is 0.250 e. The highest BCUT2D eigenvalue weighted by Gasteiger charge is 2.31. The number of amides is 1. The van der Waals surface area contributed by atoms with E-state index < -0.39 is 0 Å². The lowest BCUT2D eigenvalue weighted by molar-refractivity contribution is -0.118. The Balaban J connectivity index is 2.14. The smallest absolute Gasteiger partial charge is 0.250 e. The zero-order chi connectivity index (χ0) is 16.7. The van der Waals surface area contributed by atoms with Gasteiger partial charge in [0, 0.05) is 6.54 Å². The molecule has 23 heavy (non-hydrogen) atoms. The third kappa shape index (κ3) is 4.23. The van der Waals surface area contributed by atoms with Crippen LogP contribution in [0.5, 0.6) is 5.75 Å². The standard InChI is InChI=1S/C19H25NO3/c1-4-6-7-12-20-19(21)17-14(5-2)13-23-18(17)15-8-10-16(22-3)11-9-15/h5,8-11,18H,2,4,6-7,12-13H2,1,3H3,(H,20,21). The van der Waals surface area contributed by atoms with E-state index in [1.54, 1.807) is 13.2 Å². The molecule has 124 valence electrons. The molecule has 1 aromatic rings. The van der Waals surface area contributed by atoms with Crippen LogP contribution in [-0.2, 0) is 9.53 Å². The van der Waals surface area contributed by atoms with Crippen LogP contribution < -0.4 is 10.1 Å². The molecule has 2 rings (SSSR count). The van der Waals surface area contributed by atoms with Gasteiger partial charge >= 0.3 is 0 Å². The van der Waals surface area contributed by atoms with Gasteiger partial charge in [-0.25, -0.2) is 0 Å². The van der Waals surface area contributed by atoms with E-state index >= 15 is 0 Å². The number of nitrogens with one attached hydrogen (secondary N) is 1. The van der Waals surface area contributed by atoms with E-state index in [1.165, 1.54) is 0 Å². The third-order valence-corrected chi connectivity index (χ3v) is 3.99. The molecule has 1 aromatic carbocycles. The number of methoxy groups -OCH3 is 1. The molecule has 4 nitrogen and oxygen atoms in total. The van der Waals surface area contributed by atoms with Gasteiger partial charge in [0.1, 0.15) is 11.9 Å². The summed E-state index contributed by atoms with van der Waals surface area (Å²) in [5.41, 5.74) is 2.47. The molecule has 1 aliphatic rings. The van der Waals surface area contributed by atoms with Gasteiger partial charge in [-0.2, -0.15) is 0 Å². The first-order valence-electron chi connectivity index (χ1n) is 8.10. The summed E-state index contributed by atoms with van der Waals surface area (Å²) in [6.07, 6.45) is 4.61. The summed E-state index contributed by atoms with van der Waals surface area (Å²) < 4.78 is 11.0. The van der Waals surface area contributed by atoms with Crippen molar-refractivity contribution < 1.29 is 14.3 Å². The van der Waals surface area contributed by atoms with Crippen LogP contribution in [0.3, 0.4) is 0 Å². The molecular weight excluding hydrogens is 290 g/mol. The van der Waals surface area contributed by atoms with E-state index in [9.17, 15) is 4.79 Å². The number of benzene rings is 1. The van der Waals surface area contributed by atoms with Crippen molar-refractivity contribution in [1.29, 1.82) is 0 Å². The summed E-state index contributed by atoms with van der Waals surface area (Å²) in [5.74, 6) is 0.722. The summed E-state index contributed by atoms with van der Waals surface area (Å²) in [5, 5.41) is 3.00. The lowest BCUT2D eigenvalue weighted by Gasteiger charge is -2.16. The minimum Gasteiger partial charge on any atom is -0.497 e. The molecule has 0 aliphatic carbocycles. The van der Waals surface area contributed by atoms with Crippen LogP contribution in [0, 0.1) is 0 Å². The molecule has 1 unspecified atom stereocenters. The summed E-state index contributed by atoms with van der Waals surface area (Å²) in [4.78, 5) is 12.6. The number of hydrogen-bond acceptors (Lipinski definition) is 3. The van der Waals surface area contributed by atoms with Gasteiger partial charge in [0.25, 0.3) is 5.91 Å². The van der Waals surface area contributed by atoms with Gasteiger partial charge in [0.15, 0.2) is 0 Å². The van der Waals surface area contributed by atoms with Crippen molar-refractivity contribution in [2.24, 2.45) is 0 Å². The molecule has 0 saturated heterocycles. The highest BCUT2D eigenvalue weighted by Crippen LogP contribution is 2.35. The number of carbonyl (C=O) groups is 1. The minimum atomic E-state index is -0.347. The van der Waals surface area contributed by atoms with E-state index in [2.05, 4.69) is 18.8 Å². The zero-order valence-corrected chi connectivity index (χ0v) is 13.9. The molecule has 0 saturated carbocycles. The summed E-state index contributed by atoms with van der Waals surface area (Å²) in [7, 11) is 1.63. The van der Waals surface area contributed by atoms with Crippen LogP contribution in [-0.4, -0.2) is 26.2 Å². The van der Waals surface area contributed by atoms with Crippen molar-refractivity contribution in [1.82, 2.24) is 5.32 Å². The van der Waals surface area contributed by atoms with Crippen LogP contribution in [0.4, 0.5) is 0 Å². The van der Waals surface area contributed by atoms with Crippen LogP contribution in [0.1, 0.15) is 37.9 Å². The Bertz CT molecular complexity index is 575. The lowest BCUT2D eigenvalue weighted by atomic mass is 9.98. The Labute approximate surface area is 138 Å². The van der Waals surface area contributed by atoms with Gasteiger partial charge in [-0.1, -0.05) is 44.6 Å². The molecule has 1 heterocycles. The van der Waals surface area contributed by atoms with Crippen molar-refractivity contribution in [3.8, 4) is 5.75 Å². The van der Waals surface area contributed by atoms with E-state index in [0.29, 0.717) is 18.7 Å². The third-order valence-electron chi connectivity index (χ3n) is 3.99. The molecular formula is C19H25NO3. The van der Waals surface area contributed by atoms with Crippen LogP contribution in [0.15, 0.2) is 48.1 Å². The van der Waals surface area contributed by atoms with Gasteiger partial charge in [0.2, 0.25) is 0 Å². The van der Waals surface area contributed by atoms with Crippen molar-refractivity contribution in [3.63, 3.8) is 0 Å². The molecule has 1 aliphatic heterocycles. The van der Waals surface area contributed by atoms with E-state index in [4.69, 9.17) is 9.47 Å². The molecule has 0 aromatic heterocycles. The summed E-state index contributed by atoms with van der Waals surface area (Å²) >= 11 is 0. The van der Waals surface area contributed by atoms with Gasteiger partial charge in [-0.3, -0.25) is 4.79 Å². The number of rotatable bonds is 8. The number of carbonyl (C=O) groups excluding carboxylic acids is 1. The lowest BCUT2D eigenvalue weighted by Crippen LogP contribution is -2.28. The zero-order valence-electron chi connectivity index (χ0n) is 13.9. The number of hydrogen-bond donors (Lipinski definition) is 1. The molecule has 0 fully saturated rings. The Morgan fingerprint density at radius 2 is 2.13 bits per heavy atom. The first-order chi connectivity index (χ1) is 11.2. The molecule has 0 radical (unpaired) electrons. The monoisotopic (exact) mass is 315 g/mol. The molecule has 4 heteroatoms. The van der Waals surface area contributed by atoms with Crippen molar-refractivity contribution >= 4 is 5.91 Å². The second-order valence-corrected chi connectivity index (χ2v) is 5.57. The van der Waals surface area contributed by atoms with E-state index in [1.807, 2.05) is 24.3 Å². The van der Waals surface area contributed by atoms with Gasteiger partial charge in [-0.15, -0.1) is 0 Å². The van der Waals surface area contributed by atoms with Crippen molar-refractivity contribution in [3.05, 3.63) is 53.6 Å². The second kappa shape index (κ2) is 8.53. The Morgan fingerprint density at radius 3 is 2.74 bits per heavy atom. The number of ether oxygens (including phenoxy) is 2. The fourth-order valence-corrected chi connectivity index (χ4v) is 2.65. The first-order valence-corrected chi connectivity index (χ1v) is 8.10. The fourth-order valence-electron chi connectivity index (χ4n) is 2.65. The SMILES string of the molecule is C=CC1=C(C(=O)NCCCCC)C(c2ccc(OC)cc2)OC1. The number of unbranched alkanes of at least 4 members (excludes halogenated alkanes) is 2. The maximum atomic E-state index is 12.6. The summed E-state index contributed by atoms with van der Waals surface area (Å²) in [6, 6.07) is 7.61. The highest BCUT2D eigenvalue weighted by molar-refractivity contribution is 5.96. The first kappa shape index (κ1) is 17.3. The molecule has 0 bridgehead atoms. The summed E-state index contributed by atoms with van der Waals surface area (Å²) in [6.45, 7) is 7.05. The van der Waals surface area contributed by atoms with Gasteiger partial charge < -0.3 is 14.8 Å². The molecule has 1 N–H and O–H groups in total. The van der Waals surface area contributed by atoms with Crippen LogP contribution in [0.2, 0.25) is 0 Å². The topological polar surface area (TPSA) is 47.6 Å². The average molecular weight is 315 g/mol. The second-order valence-electron chi connectivity index (χ2n) is 5.57. The van der Waals surface area contributed by atoms with Gasteiger partial charge in [-0.05, 0) is 29.7 Å². The average Bonchev–Trinajstić information content (AvgIpc) is 3.02. The minimum absolute atomic E-state index is 0.0608. The molecule has 1 atom stereocenters. The van der Waals surface area contributed by atoms with E-state index in [0.717, 1.165) is 36.1 Å². The van der Waals surface area contributed by atoms with Crippen molar-refractivity contribution in [2.45, 2.75) is 32.3 Å². The largest absolute Gasteiger partial charge is 0.497 e. The fraction of sp³-hybridized carbons (Fsp3) is 0.421. The van der Waals surface area contributed by atoms with Crippen LogP contribution in [0.25, 0.3) is 0 Å². The Hall–Kier alpha value is -2.07. The quantitative estimate of drug-likeness (QED) is 0.746. The highest BCUT2D eigenvalue weighted by atomic mass is 16.5. The van der Waals surface area contributed by atoms with Gasteiger partial charge in [0.05, 0.1) is 19.3 Å². The predicted octanol–water partition coefficient (Wildman–Crippen LogP) is 3.56. The maximum absolute atomic E-state index is 12.6. The Morgan fingerprint density at radius 1 is 1.39 bits per heavy atom. The Kier molecular flexibility index (Phi) is 6.41. The molecule has 0 spiro atoms. The predicted molar refractivity (Wildman–Crippen MR) is 91.4 cm³/mol. The van der Waals surface area contributed by atoms with Crippen molar-refractivity contribution in [2.75, 3.05) is 20.3 Å². The molecule has 1 amide bonds. The van der Waals surface area contributed by atoms with E-state index in [-0.39, 0.29) is 12.0 Å².